The molecule has 0 bridgehead atoms. The molecular weight excluding hydrogens is 538 g/mol. The van der Waals surface area contributed by atoms with Crippen molar-refractivity contribution in [3.63, 3.8) is 0 Å². The van der Waals surface area contributed by atoms with E-state index in [2.05, 4.69) is 13.8 Å². The predicted molar refractivity (Wildman–Crippen MR) is 180 cm³/mol. The van der Waals surface area contributed by atoms with Crippen molar-refractivity contribution >= 4 is 17.9 Å². The molecule has 0 radical (unpaired) electrons. The van der Waals surface area contributed by atoms with Crippen molar-refractivity contribution in [1.82, 2.24) is 0 Å². The Balaban J connectivity index is 3.92. The van der Waals surface area contributed by atoms with Gasteiger partial charge in [0.05, 0.1) is 0 Å². The van der Waals surface area contributed by atoms with Gasteiger partial charge in [0.15, 0.2) is 0 Å². The van der Waals surface area contributed by atoms with Crippen molar-refractivity contribution in [1.29, 1.82) is 0 Å². The highest BCUT2D eigenvalue weighted by molar-refractivity contribution is 5.88. The molecule has 2 atom stereocenters. The molecule has 0 aromatic carbocycles. The first-order valence-electron chi connectivity index (χ1n) is 18.6. The third kappa shape index (κ3) is 30.4. The van der Waals surface area contributed by atoms with Crippen molar-refractivity contribution in [2.45, 2.75) is 213 Å². The number of ether oxygens (including phenoxy) is 1. The molecule has 0 amide bonds. The van der Waals surface area contributed by atoms with Crippen LogP contribution in [-0.4, -0.2) is 29.1 Å². The van der Waals surface area contributed by atoms with Crippen LogP contribution in [0.25, 0.3) is 0 Å². The van der Waals surface area contributed by atoms with Crippen LogP contribution in [0, 0.1) is 5.92 Å². The largest absolute Gasteiger partial charge is 0.481 e. The predicted octanol–water partition coefficient (Wildman–Crippen LogP) is 10.8. The Hall–Kier alpha value is -1.43. The van der Waals surface area contributed by atoms with E-state index >= 15 is 0 Å². The fourth-order valence-electron chi connectivity index (χ4n) is 5.97. The van der Waals surface area contributed by atoms with Crippen LogP contribution in [0.1, 0.15) is 206 Å². The molecule has 0 spiro atoms. The highest BCUT2D eigenvalue weighted by atomic mass is 16.6. The van der Waals surface area contributed by atoms with Gasteiger partial charge in [-0.2, -0.15) is 0 Å². The van der Waals surface area contributed by atoms with Gasteiger partial charge in [-0.25, -0.2) is 4.79 Å². The zero-order valence-corrected chi connectivity index (χ0v) is 28.5. The number of unbranched alkanes of at least 4 members (excludes halogenated alkanes) is 21. The summed E-state index contributed by atoms with van der Waals surface area (Å²) in [6, 6.07) is -1.06. The van der Waals surface area contributed by atoms with Crippen LogP contribution in [-0.2, 0) is 19.1 Å². The van der Waals surface area contributed by atoms with Gasteiger partial charge in [-0.05, 0) is 18.8 Å². The third-order valence-electron chi connectivity index (χ3n) is 8.86. The molecule has 6 nitrogen and oxygen atoms in total. The maximum atomic E-state index is 11.8. The van der Waals surface area contributed by atoms with Crippen LogP contribution in [0.4, 0.5) is 0 Å². The number of rotatable bonds is 33. The Morgan fingerprint density at radius 2 is 0.860 bits per heavy atom. The lowest BCUT2D eigenvalue weighted by Crippen LogP contribution is -2.34. The molecule has 0 saturated carbocycles. The summed E-state index contributed by atoms with van der Waals surface area (Å²) in [5.74, 6) is -1.49. The lowest BCUT2D eigenvalue weighted by atomic mass is 9.89. The van der Waals surface area contributed by atoms with E-state index in [9.17, 15) is 14.4 Å². The molecule has 0 aliphatic rings. The summed E-state index contributed by atoms with van der Waals surface area (Å²) in [5.41, 5.74) is 5.58. The first-order chi connectivity index (χ1) is 20.9. The minimum atomic E-state index is -1.06. The normalized spacial score (nSPS) is 12.7. The highest BCUT2D eigenvalue weighted by Gasteiger charge is 2.19. The standard InChI is InChI=1S/C37H71NO5/c1-3-5-7-9-11-12-13-16-20-24-28-33(27-23-19-10-8-6-4-2)29-25-21-17-14-15-18-22-26-30-36(41)43-37(42)34(38)31-32-35(39)40/h33-34H,3-32,38H2,1-2H3,(H,39,40)/t33?,34-/m0/s1. The van der Waals surface area contributed by atoms with Crippen LogP contribution in [0.15, 0.2) is 0 Å². The van der Waals surface area contributed by atoms with Gasteiger partial charge < -0.3 is 15.6 Å². The van der Waals surface area contributed by atoms with Gasteiger partial charge in [-0.3, -0.25) is 9.59 Å². The first kappa shape index (κ1) is 41.6. The first-order valence-corrected chi connectivity index (χ1v) is 18.6. The van der Waals surface area contributed by atoms with Crippen molar-refractivity contribution in [2.75, 3.05) is 0 Å². The van der Waals surface area contributed by atoms with Crippen molar-refractivity contribution < 1.29 is 24.2 Å². The number of carboxylic acid groups (broad SMARTS) is 1. The number of aliphatic carboxylic acids is 1. The van der Waals surface area contributed by atoms with Crippen molar-refractivity contribution in [3.05, 3.63) is 0 Å². The molecule has 0 rings (SSSR count). The molecular formula is C37H71NO5. The summed E-state index contributed by atoms with van der Waals surface area (Å²) in [6.07, 6.45) is 36.0. The van der Waals surface area contributed by atoms with E-state index in [1.807, 2.05) is 0 Å². The fourth-order valence-corrected chi connectivity index (χ4v) is 5.97. The summed E-state index contributed by atoms with van der Waals surface area (Å²) < 4.78 is 4.75. The molecule has 0 aliphatic carbocycles. The van der Waals surface area contributed by atoms with E-state index < -0.39 is 23.9 Å². The smallest absolute Gasteiger partial charge is 0.330 e. The van der Waals surface area contributed by atoms with E-state index in [1.165, 1.54) is 154 Å². The molecule has 0 fully saturated rings. The van der Waals surface area contributed by atoms with E-state index in [0.29, 0.717) is 6.42 Å². The highest BCUT2D eigenvalue weighted by Crippen LogP contribution is 2.25. The Bertz CT molecular complexity index is 653. The lowest BCUT2D eigenvalue weighted by Gasteiger charge is -2.17. The zero-order chi connectivity index (χ0) is 31.8. The number of carboxylic acids is 1. The maximum absolute atomic E-state index is 11.8. The number of carbonyl (C=O) groups excluding carboxylic acids is 2. The summed E-state index contributed by atoms with van der Waals surface area (Å²) in [5, 5.41) is 8.65. The van der Waals surface area contributed by atoms with Gasteiger partial charge in [-0.1, -0.05) is 181 Å². The maximum Gasteiger partial charge on any atom is 0.330 e. The molecule has 0 saturated heterocycles. The molecule has 0 aromatic rings. The molecule has 43 heavy (non-hydrogen) atoms. The van der Waals surface area contributed by atoms with E-state index in [0.717, 1.165) is 18.8 Å². The molecule has 1 unspecified atom stereocenters. The van der Waals surface area contributed by atoms with Crippen LogP contribution in [0.3, 0.4) is 0 Å². The third-order valence-corrected chi connectivity index (χ3v) is 8.86. The zero-order valence-electron chi connectivity index (χ0n) is 28.5. The molecule has 3 N–H and O–H groups in total. The average Bonchev–Trinajstić information content (AvgIpc) is 2.98. The van der Waals surface area contributed by atoms with Crippen LogP contribution >= 0.6 is 0 Å². The van der Waals surface area contributed by atoms with Gasteiger partial charge in [0, 0.05) is 12.8 Å². The second-order valence-corrected chi connectivity index (χ2v) is 13.1. The minimum Gasteiger partial charge on any atom is -0.481 e. The van der Waals surface area contributed by atoms with Gasteiger partial charge in [0.1, 0.15) is 6.04 Å². The van der Waals surface area contributed by atoms with E-state index in [1.54, 1.807) is 0 Å². The molecule has 6 heteroatoms. The number of hydrogen-bond acceptors (Lipinski definition) is 5. The lowest BCUT2D eigenvalue weighted by molar-refractivity contribution is -0.160. The van der Waals surface area contributed by atoms with Crippen molar-refractivity contribution in [2.24, 2.45) is 11.7 Å². The van der Waals surface area contributed by atoms with Crippen LogP contribution in [0.5, 0.6) is 0 Å². The number of esters is 2. The Labute approximate surface area is 266 Å². The Morgan fingerprint density at radius 1 is 0.512 bits per heavy atom. The topological polar surface area (TPSA) is 107 Å². The summed E-state index contributed by atoms with van der Waals surface area (Å²) in [6.45, 7) is 4.58. The Kier molecular flexibility index (Phi) is 30.9. The molecule has 0 aromatic heterocycles. The average molecular weight is 610 g/mol. The summed E-state index contributed by atoms with van der Waals surface area (Å²) in [4.78, 5) is 34.1. The summed E-state index contributed by atoms with van der Waals surface area (Å²) >= 11 is 0. The second kappa shape index (κ2) is 32.0. The quantitative estimate of drug-likeness (QED) is 0.0435. The molecule has 254 valence electrons. The number of nitrogens with two attached hydrogens (primary N) is 1. The minimum absolute atomic E-state index is 0.0272. The van der Waals surface area contributed by atoms with E-state index in [4.69, 9.17) is 15.6 Å². The SMILES string of the molecule is CCCCCCCCCCCCC(CCCCCCCC)CCCCCCCCCCC(=O)OC(=O)[C@@H](N)CCC(=O)O. The molecule has 0 aliphatic heterocycles. The molecule has 0 heterocycles. The van der Waals surface area contributed by atoms with Crippen molar-refractivity contribution in [3.8, 4) is 0 Å². The summed E-state index contributed by atoms with van der Waals surface area (Å²) in [7, 11) is 0. The fraction of sp³-hybridized carbons (Fsp3) is 0.919. The van der Waals surface area contributed by atoms with Gasteiger partial charge in [0.2, 0.25) is 0 Å². The number of carbonyl (C=O) groups is 3. The van der Waals surface area contributed by atoms with Gasteiger partial charge >= 0.3 is 17.9 Å². The Morgan fingerprint density at radius 3 is 1.23 bits per heavy atom. The second-order valence-electron chi connectivity index (χ2n) is 13.1. The van der Waals surface area contributed by atoms with Crippen LogP contribution < -0.4 is 5.73 Å². The number of hydrogen-bond donors (Lipinski definition) is 2. The van der Waals surface area contributed by atoms with Crippen LogP contribution in [0.2, 0.25) is 0 Å². The van der Waals surface area contributed by atoms with Gasteiger partial charge in [0.25, 0.3) is 0 Å². The van der Waals surface area contributed by atoms with Gasteiger partial charge in [-0.15, -0.1) is 0 Å². The van der Waals surface area contributed by atoms with E-state index in [-0.39, 0.29) is 19.3 Å². The monoisotopic (exact) mass is 610 g/mol.